The molecule has 7 nitrogen and oxygen atoms in total. The quantitative estimate of drug-likeness (QED) is 0.466. The van der Waals surface area contributed by atoms with Crippen molar-refractivity contribution in [1.82, 2.24) is 5.32 Å². The fourth-order valence-electron chi connectivity index (χ4n) is 1.79. The number of hydrogen-bond donors (Lipinski definition) is 1. The molecule has 1 rings (SSSR count). The van der Waals surface area contributed by atoms with E-state index in [1.165, 1.54) is 6.92 Å². The highest BCUT2D eigenvalue weighted by molar-refractivity contribution is 5.82. The Bertz CT molecular complexity index is 552. The van der Waals surface area contributed by atoms with Crippen molar-refractivity contribution in [3.05, 3.63) is 35.9 Å². The first kappa shape index (κ1) is 19.5. The molecule has 0 saturated heterocycles. The number of carbonyl (C=O) groups is 3. The Morgan fingerprint density at radius 3 is 2.38 bits per heavy atom. The first-order chi connectivity index (χ1) is 11.2. The van der Waals surface area contributed by atoms with Gasteiger partial charge in [0.1, 0.15) is 18.3 Å². The fraction of sp³-hybridized carbons (Fsp3) is 0.471. The average molecular weight is 337 g/mol. The van der Waals surface area contributed by atoms with Gasteiger partial charge in [0.05, 0.1) is 0 Å². The van der Waals surface area contributed by atoms with Crippen LogP contribution >= 0.6 is 0 Å². The SMILES string of the molecule is C[C@H](OC=O)[C@H](NC(=O)OCc1ccccc1)C(=O)OC(C)(C)C. The standard InChI is InChI=1S/C17H23NO6/c1-12(23-11-19)14(15(20)24-17(2,3)4)18-16(21)22-10-13-8-6-5-7-9-13/h5-9,11-12,14H,10H2,1-4H3,(H,18,21)/t12-,14-/m0/s1. The van der Waals surface area contributed by atoms with E-state index in [9.17, 15) is 14.4 Å². The summed E-state index contributed by atoms with van der Waals surface area (Å²) in [5.74, 6) is -0.714. The third-order valence-corrected chi connectivity index (χ3v) is 2.89. The summed E-state index contributed by atoms with van der Waals surface area (Å²) in [7, 11) is 0. The molecule has 0 aliphatic heterocycles. The molecule has 132 valence electrons. The zero-order valence-electron chi connectivity index (χ0n) is 14.3. The lowest BCUT2D eigenvalue weighted by Gasteiger charge is -2.26. The van der Waals surface area contributed by atoms with Gasteiger partial charge in [0.25, 0.3) is 6.47 Å². The summed E-state index contributed by atoms with van der Waals surface area (Å²) in [5, 5.41) is 2.37. The molecule has 1 amide bonds. The number of alkyl carbamates (subject to hydrolysis) is 1. The third-order valence-electron chi connectivity index (χ3n) is 2.89. The van der Waals surface area contributed by atoms with Crippen molar-refractivity contribution in [1.29, 1.82) is 0 Å². The van der Waals surface area contributed by atoms with E-state index in [-0.39, 0.29) is 13.1 Å². The second-order valence-corrected chi connectivity index (χ2v) is 6.15. The molecule has 0 spiro atoms. The van der Waals surface area contributed by atoms with E-state index in [2.05, 4.69) is 5.32 Å². The predicted octanol–water partition coefficient (Wildman–Crippen LogP) is 2.18. The molecule has 0 aliphatic rings. The summed E-state index contributed by atoms with van der Waals surface area (Å²) in [5.41, 5.74) is 0.0601. The molecule has 0 saturated carbocycles. The van der Waals surface area contributed by atoms with E-state index in [0.29, 0.717) is 0 Å². The number of rotatable bonds is 7. The number of esters is 1. The van der Waals surface area contributed by atoms with Gasteiger partial charge in [0.15, 0.2) is 6.04 Å². The van der Waals surface area contributed by atoms with Crippen molar-refractivity contribution in [2.24, 2.45) is 0 Å². The maximum Gasteiger partial charge on any atom is 0.408 e. The van der Waals surface area contributed by atoms with Gasteiger partial charge in [-0.05, 0) is 33.3 Å². The molecule has 0 radical (unpaired) electrons. The lowest BCUT2D eigenvalue weighted by molar-refractivity contribution is -0.161. The number of amides is 1. The van der Waals surface area contributed by atoms with E-state index in [4.69, 9.17) is 14.2 Å². The minimum absolute atomic E-state index is 0.0522. The second-order valence-electron chi connectivity index (χ2n) is 6.15. The summed E-state index contributed by atoms with van der Waals surface area (Å²) in [4.78, 5) is 34.6. The summed E-state index contributed by atoms with van der Waals surface area (Å²) in [6.45, 7) is 6.82. The Hall–Kier alpha value is -2.57. The maximum atomic E-state index is 12.2. The lowest BCUT2D eigenvalue weighted by atomic mass is 10.1. The number of benzene rings is 1. The zero-order valence-corrected chi connectivity index (χ0v) is 14.3. The smallest absolute Gasteiger partial charge is 0.408 e. The summed E-state index contributed by atoms with van der Waals surface area (Å²) < 4.78 is 15.0. The molecule has 0 aromatic heterocycles. The molecule has 0 aliphatic carbocycles. The van der Waals surface area contributed by atoms with Gasteiger partial charge in [0, 0.05) is 0 Å². The van der Waals surface area contributed by atoms with Crippen LogP contribution in [-0.4, -0.2) is 36.3 Å². The first-order valence-electron chi connectivity index (χ1n) is 7.52. The average Bonchev–Trinajstić information content (AvgIpc) is 2.50. The molecular weight excluding hydrogens is 314 g/mol. The molecule has 0 heterocycles. The van der Waals surface area contributed by atoms with E-state index >= 15 is 0 Å². The van der Waals surface area contributed by atoms with Gasteiger partial charge in [0.2, 0.25) is 0 Å². The van der Waals surface area contributed by atoms with Crippen LogP contribution in [0, 0.1) is 0 Å². The van der Waals surface area contributed by atoms with Gasteiger partial charge in [-0.3, -0.25) is 4.79 Å². The molecule has 2 atom stereocenters. The Balaban J connectivity index is 2.67. The van der Waals surface area contributed by atoms with Crippen LogP contribution in [0.4, 0.5) is 4.79 Å². The van der Waals surface area contributed by atoms with Crippen LogP contribution in [0.1, 0.15) is 33.3 Å². The van der Waals surface area contributed by atoms with Crippen LogP contribution in [0.5, 0.6) is 0 Å². The van der Waals surface area contributed by atoms with Gasteiger partial charge < -0.3 is 19.5 Å². The maximum absolute atomic E-state index is 12.2. The molecule has 0 fully saturated rings. The van der Waals surface area contributed by atoms with Crippen molar-refractivity contribution in [3.8, 4) is 0 Å². The molecule has 1 aromatic carbocycles. The van der Waals surface area contributed by atoms with Crippen LogP contribution in [0.25, 0.3) is 0 Å². The molecule has 0 unspecified atom stereocenters. The summed E-state index contributed by atoms with van der Waals surface area (Å²) in [6, 6.07) is 7.92. The Morgan fingerprint density at radius 2 is 1.83 bits per heavy atom. The van der Waals surface area contributed by atoms with Crippen molar-refractivity contribution >= 4 is 18.5 Å². The molecular formula is C17H23NO6. The van der Waals surface area contributed by atoms with E-state index in [1.807, 2.05) is 18.2 Å². The Kier molecular flexibility index (Phi) is 7.23. The first-order valence-corrected chi connectivity index (χ1v) is 7.52. The zero-order chi connectivity index (χ0) is 18.2. The van der Waals surface area contributed by atoms with Gasteiger partial charge in [-0.1, -0.05) is 30.3 Å². The predicted molar refractivity (Wildman–Crippen MR) is 86.0 cm³/mol. The normalized spacial score (nSPS) is 13.3. The van der Waals surface area contributed by atoms with E-state index in [0.717, 1.165) is 5.56 Å². The summed E-state index contributed by atoms with van der Waals surface area (Å²) in [6.07, 6.45) is -1.71. The number of carbonyl (C=O) groups excluding carboxylic acids is 3. The number of hydrogen-bond acceptors (Lipinski definition) is 6. The third kappa shape index (κ3) is 7.13. The molecule has 24 heavy (non-hydrogen) atoms. The summed E-state index contributed by atoms with van der Waals surface area (Å²) >= 11 is 0. The van der Waals surface area contributed by atoms with Crippen molar-refractivity contribution < 1.29 is 28.6 Å². The molecule has 1 N–H and O–H groups in total. The minimum atomic E-state index is -1.17. The highest BCUT2D eigenvalue weighted by Crippen LogP contribution is 2.11. The van der Waals surface area contributed by atoms with Crippen molar-refractivity contribution in [2.75, 3.05) is 0 Å². The van der Waals surface area contributed by atoms with Crippen LogP contribution in [0.2, 0.25) is 0 Å². The van der Waals surface area contributed by atoms with Gasteiger partial charge >= 0.3 is 12.1 Å². The Morgan fingerprint density at radius 1 is 1.21 bits per heavy atom. The second kappa shape index (κ2) is 8.90. The molecule has 7 heteroatoms. The van der Waals surface area contributed by atoms with Gasteiger partial charge in [-0.2, -0.15) is 0 Å². The largest absolute Gasteiger partial charge is 0.462 e. The van der Waals surface area contributed by atoms with Crippen LogP contribution < -0.4 is 5.32 Å². The van der Waals surface area contributed by atoms with Crippen molar-refractivity contribution in [3.63, 3.8) is 0 Å². The molecule has 1 aromatic rings. The fourth-order valence-corrected chi connectivity index (χ4v) is 1.79. The topological polar surface area (TPSA) is 90.9 Å². The molecule has 0 bridgehead atoms. The number of ether oxygens (including phenoxy) is 3. The van der Waals surface area contributed by atoms with Crippen LogP contribution in [0.3, 0.4) is 0 Å². The minimum Gasteiger partial charge on any atom is -0.462 e. The highest BCUT2D eigenvalue weighted by atomic mass is 16.6. The van der Waals surface area contributed by atoms with Crippen LogP contribution in [0.15, 0.2) is 30.3 Å². The number of nitrogens with one attached hydrogen (secondary N) is 1. The Labute approximate surface area is 141 Å². The van der Waals surface area contributed by atoms with E-state index in [1.54, 1.807) is 32.9 Å². The van der Waals surface area contributed by atoms with Crippen LogP contribution in [-0.2, 0) is 30.4 Å². The highest BCUT2D eigenvalue weighted by Gasteiger charge is 2.33. The van der Waals surface area contributed by atoms with Crippen molar-refractivity contribution in [2.45, 2.75) is 52.0 Å². The monoisotopic (exact) mass is 337 g/mol. The van der Waals surface area contributed by atoms with Gasteiger partial charge in [-0.25, -0.2) is 9.59 Å². The van der Waals surface area contributed by atoms with Gasteiger partial charge in [-0.15, -0.1) is 0 Å². The lowest BCUT2D eigenvalue weighted by Crippen LogP contribution is -2.51. The van der Waals surface area contributed by atoms with E-state index < -0.39 is 29.8 Å².